The molecule has 0 bridgehead atoms. The molecule has 0 aliphatic carbocycles. The van der Waals surface area contributed by atoms with E-state index >= 15 is 0 Å². The standard InChI is InChI=1S/C17H18N4OS/c1-2-6-18-16(5-1)21-9-7-20(8-10-21)12-14-13-22-17(19-14)15-4-3-11-23-15/h1-6,11,13H,7-10,12H2/p+2. The lowest BCUT2D eigenvalue weighted by Crippen LogP contribution is -3.13. The maximum atomic E-state index is 5.61. The van der Waals surface area contributed by atoms with Crippen LogP contribution in [0.1, 0.15) is 5.69 Å². The third-order valence-electron chi connectivity index (χ3n) is 4.22. The van der Waals surface area contributed by atoms with E-state index in [-0.39, 0.29) is 0 Å². The summed E-state index contributed by atoms with van der Waals surface area (Å²) < 4.78 is 5.61. The molecule has 1 saturated heterocycles. The highest BCUT2D eigenvalue weighted by Crippen LogP contribution is 2.23. The Morgan fingerprint density at radius 3 is 2.87 bits per heavy atom. The van der Waals surface area contributed by atoms with Crippen LogP contribution in [0.5, 0.6) is 0 Å². The van der Waals surface area contributed by atoms with Crippen LogP contribution in [0, 0.1) is 0 Å². The molecule has 0 unspecified atom stereocenters. The summed E-state index contributed by atoms with van der Waals surface area (Å²) in [6.45, 7) is 5.28. The normalized spacial score (nSPS) is 15.9. The minimum Gasteiger partial charge on any atom is -0.443 e. The number of aromatic amines is 1. The molecule has 1 aliphatic heterocycles. The van der Waals surface area contributed by atoms with Crippen LogP contribution in [0.3, 0.4) is 0 Å². The summed E-state index contributed by atoms with van der Waals surface area (Å²) in [5.41, 5.74) is 1.04. The van der Waals surface area contributed by atoms with Crippen molar-refractivity contribution in [3.05, 3.63) is 53.9 Å². The lowest BCUT2D eigenvalue weighted by molar-refractivity contribution is -0.914. The van der Waals surface area contributed by atoms with Gasteiger partial charge in [0.05, 0.1) is 11.1 Å². The number of rotatable bonds is 4. The van der Waals surface area contributed by atoms with Crippen molar-refractivity contribution in [3.8, 4) is 10.8 Å². The molecule has 0 radical (unpaired) electrons. The van der Waals surface area contributed by atoms with E-state index in [2.05, 4.69) is 27.0 Å². The summed E-state index contributed by atoms with van der Waals surface area (Å²) in [5.74, 6) is 1.94. The van der Waals surface area contributed by atoms with Gasteiger partial charge in [-0.15, -0.1) is 11.3 Å². The summed E-state index contributed by atoms with van der Waals surface area (Å²) in [4.78, 5) is 13.0. The smallest absolute Gasteiger partial charge is 0.274 e. The van der Waals surface area contributed by atoms with Gasteiger partial charge in [-0.25, -0.2) is 9.97 Å². The first kappa shape index (κ1) is 14.4. The van der Waals surface area contributed by atoms with E-state index in [1.54, 1.807) is 22.5 Å². The monoisotopic (exact) mass is 328 g/mol. The topological polar surface area (TPSA) is 47.9 Å². The van der Waals surface area contributed by atoms with E-state index in [9.17, 15) is 0 Å². The molecule has 0 spiro atoms. The number of anilines is 1. The second-order valence-corrected chi connectivity index (χ2v) is 6.73. The van der Waals surface area contributed by atoms with Crippen LogP contribution in [-0.4, -0.2) is 31.2 Å². The number of piperazine rings is 1. The largest absolute Gasteiger partial charge is 0.443 e. The van der Waals surface area contributed by atoms with Crippen molar-refractivity contribution in [3.63, 3.8) is 0 Å². The highest BCUT2D eigenvalue weighted by Gasteiger charge is 2.26. The molecule has 3 aromatic rings. The van der Waals surface area contributed by atoms with Crippen molar-refractivity contribution in [1.29, 1.82) is 0 Å². The molecule has 118 valence electrons. The predicted molar refractivity (Wildman–Crippen MR) is 89.4 cm³/mol. The van der Waals surface area contributed by atoms with Crippen molar-refractivity contribution in [2.75, 3.05) is 31.1 Å². The van der Waals surface area contributed by atoms with Crippen molar-refractivity contribution in [1.82, 2.24) is 4.98 Å². The fourth-order valence-corrected chi connectivity index (χ4v) is 3.63. The Kier molecular flexibility index (Phi) is 4.08. The van der Waals surface area contributed by atoms with Crippen LogP contribution in [0.4, 0.5) is 5.82 Å². The highest BCUT2D eigenvalue weighted by atomic mass is 32.1. The number of hydrogen-bond acceptors (Lipinski definition) is 4. The van der Waals surface area contributed by atoms with Gasteiger partial charge in [-0.1, -0.05) is 12.1 Å². The Balaban J connectivity index is 1.35. The van der Waals surface area contributed by atoms with E-state index in [0.717, 1.165) is 49.2 Å². The third kappa shape index (κ3) is 3.28. The van der Waals surface area contributed by atoms with Gasteiger partial charge in [0, 0.05) is 6.07 Å². The Bertz CT molecular complexity index is 733. The van der Waals surface area contributed by atoms with Gasteiger partial charge < -0.3 is 9.32 Å². The number of quaternary nitrogens is 1. The second kappa shape index (κ2) is 6.52. The zero-order valence-corrected chi connectivity index (χ0v) is 13.7. The van der Waals surface area contributed by atoms with Gasteiger partial charge in [0.1, 0.15) is 44.7 Å². The minimum atomic E-state index is 0.743. The molecule has 0 atom stereocenters. The Morgan fingerprint density at radius 1 is 1.22 bits per heavy atom. The molecular weight excluding hydrogens is 308 g/mol. The molecule has 0 aromatic carbocycles. The summed E-state index contributed by atoms with van der Waals surface area (Å²) in [6.07, 6.45) is 3.79. The van der Waals surface area contributed by atoms with Crippen LogP contribution in [0.25, 0.3) is 10.8 Å². The molecule has 3 aromatic heterocycles. The van der Waals surface area contributed by atoms with Gasteiger partial charge in [-0.05, 0) is 17.5 Å². The summed E-state index contributed by atoms with van der Waals surface area (Å²) >= 11 is 1.66. The average molecular weight is 328 g/mol. The number of hydrogen-bond donors (Lipinski definition) is 1. The molecule has 4 heterocycles. The van der Waals surface area contributed by atoms with Crippen molar-refractivity contribution < 1.29 is 14.3 Å². The van der Waals surface area contributed by atoms with Gasteiger partial charge in [0.2, 0.25) is 5.89 Å². The van der Waals surface area contributed by atoms with E-state index in [0.29, 0.717) is 0 Å². The highest BCUT2D eigenvalue weighted by molar-refractivity contribution is 7.13. The van der Waals surface area contributed by atoms with Crippen molar-refractivity contribution in [2.45, 2.75) is 6.54 Å². The van der Waals surface area contributed by atoms with Crippen LogP contribution >= 0.6 is 11.3 Å². The summed E-state index contributed by atoms with van der Waals surface area (Å²) in [5, 5.41) is 2.05. The summed E-state index contributed by atoms with van der Waals surface area (Å²) in [6, 6.07) is 10.3. The number of thiophene rings is 1. The first-order chi connectivity index (χ1) is 11.4. The number of pyridine rings is 1. The molecule has 23 heavy (non-hydrogen) atoms. The number of H-pyrrole nitrogens is 1. The zero-order chi connectivity index (χ0) is 15.5. The first-order valence-electron chi connectivity index (χ1n) is 7.92. The fraction of sp³-hybridized carbons (Fsp3) is 0.294. The molecule has 0 saturated carbocycles. The maximum absolute atomic E-state index is 5.61. The Hall–Kier alpha value is -2.18. The average Bonchev–Trinajstić information content (AvgIpc) is 3.28. The fourth-order valence-electron chi connectivity index (χ4n) is 2.98. The molecule has 6 heteroatoms. The van der Waals surface area contributed by atoms with E-state index < -0.39 is 0 Å². The van der Waals surface area contributed by atoms with Crippen LogP contribution in [-0.2, 0) is 6.54 Å². The lowest BCUT2D eigenvalue weighted by atomic mass is 10.3. The number of nitrogens with one attached hydrogen (secondary N) is 2. The van der Waals surface area contributed by atoms with Gasteiger partial charge in [0.25, 0.3) is 5.82 Å². The van der Waals surface area contributed by atoms with Crippen LogP contribution < -0.4 is 14.8 Å². The Labute approximate surface area is 139 Å². The van der Waals surface area contributed by atoms with Gasteiger partial charge in [-0.3, -0.25) is 4.90 Å². The summed E-state index contributed by atoms with van der Waals surface area (Å²) in [7, 11) is 0. The first-order valence-corrected chi connectivity index (χ1v) is 8.80. The molecule has 0 amide bonds. The van der Waals surface area contributed by atoms with E-state index in [4.69, 9.17) is 4.42 Å². The van der Waals surface area contributed by atoms with E-state index in [1.165, 1.54) is 5.82 Å². The third-order valence-corrected chi connectivity index (χ3v) is 5.08. The quantitative estimate of drug-likeness (QED) is 0.781. The van der Waals surface area contributed by atoms with E-state index in [1.807, 2.05) is 29.8 Å². The lowest BCUT2D eigenvalue weighted by Gasteiger charge is -2.27. The molecule has 1 aliphatic rings. The van der Waals surface area contributed by atoms with Gasteiger partial charge >= 0.3 is 0 Å². The number of nitrogens with zero attached hydrogens (tertiary/aromatic N) is 2. The predicted octanol–water partition coefficient (Wildman–Crippen LogP) is 1.12. The SMILES string of the molecule is c1ccc(N2CC[NH+](Cc3coc(-c4cccs4)n3)CC2)[nH+]c1. The molecule has 4 rings (SSSR count). The Morgan fingerprint density at radius 2 is 2.13 bits per heavy atom. The second-order valence-electron chi connectivity index (χ2n) is 5.78. The van der Waals surface area contributed by atoms with Crippen molar-refractivity contribution >= 4 is 17.2 Å². The zero-order valence-electron chi connectivity index (χ0n) is 12.9. The van der Waals surface area contributed by atoms with Gasteiger partial charge in [0.15, 0.2) is 0 Å². The molecule has 1 fully saturated rings. The van der Waals surface area contributed by atoms with Crippen LogP contribution in [0.2, 0.25) is 0 Å². The van der Waals surface area contributed by atoms with Gasteiger partial charge in [-0.2, -0.15) is 0 Å². The molecule has 2 N–H and O–H groups in total. The number of oxazole rings is 1. The maximum Gasteiger partial charge on any atom is 0.274 e. The number of aromatic nitrogens is 2. The molecular formula is C17H20N4OS+2. The molecule has 5 nitrogen and oxygen atoms in total. The van der Waals surface area contributed by atoms with Crippen LogP contribution in [0.15, 0.2) is 52.6 Å². The minimum absolute atomic E-state index is 0.743. The van der Waals surface area contributed by atoms with Crippen molar-refractivity contribution in [2.24, 2.45) is 0 Å².